The highest BCUT2D eigenvalue weighted by Gasteiger charge is 2.10. The molecule has 0 aliphatic carbocycles. The Kier molecular flexibility index (Phi) is 5.06. The lowest BCUT2D eigenvalue weighted by molar-refractivity contribution is -0.138. The van der Waals surface area contributed by atoms with Crippen molar-refractivity contribution in [1.82, 2.24) is 4.90 Å². The van der Waals surface area contributed by atoms with Gasteiger partial charge in [-0.2, -0.15) is 0 Å². The van der Waals surface area contributed by atoms with Crippen LogP contribution in [0.25, 0.3) is 0 Å². The van der Waals surface area contributed by atoms with E-state index in [0.717, 1.165) is 6.07 Å². The number of hydrogen-bond acceptors (Lipinski definition) is 3. The Labute approximate surface area is 108 Å². The van der Waals surface area contributed by atoms with E-state index in [0.29, 0.717) is 5.69 Å². The number of aliphatic carboxylic acids is 1. The van der Waals surface area contributed by atoms with E-state index in [-0.39, 0.29) is 18.1 Å². The van der Waals surface area contributed by atoms with Crippen LogP contribution in [0.1, 0.15) is 0 Å². The molecule has 0 saturated heterocycles. The molecule has 0 atom stereocenters. The summed E-state index contributed by atoms with van der Waals surface area (Å²) in [4.78, 5) is 23.3. The number of halogens is 2. The normalized spacial score (nSPS) is 10.4. The number of carboxylic acids is 1. The number of benzene rings is 1. The lowest BCUT2D eigenvalue weighted by Crippen LogP contribution is -2.33. The van der Waals surface area contributed by atoms with Gasteiger partial charge in [-0.25, -0.2) is 4.39 Å². The van der Waals surface area contributed by atoms with Gasteiger partial charge in [-0.05, 0) is 25.2 Å². The Morgan fingerprint density at radius 1 is 1.44 bits per heavy atom. The third-order valence-corrected chi connectivity index (χ3v) is 2.31. The molecule has 0 saturated carbocycles. The van der Waals surface area contributed by atoms with Crippen LogP contribution in [0.4, 0.5) is 10.1 Å². The van der Waals surface area contributed by atoms with Crippen LogP contribution >= 0.6 is 11.6 Å². The van der Waals surface area contributed by atoms with E-state index in [4.69, 9.17) is 16.7 Å². The highest BCUT2D eigenvalue weighted by molar-refractivity contribution is 6.31. The quantitative estimate of drug-likeness (QED) is 0.852. The van der Waals surface area contributed by atoms with E-state index in [1.807, 2.05) is 0 Å². The third-order valence-electron chi connectivity index (χ3n) is 2.02. The molecule has 0 bridgehead atoms. The van der Waals surface area contributed by atoms with Gasteiger partial charge in [0.05, 0.1) is 18.1 Å². The zero-order valence-corrected chi connectivity index (χ0v) is 10.4. The van der Waals surface area contributed by atoms with Gasteiger partial charge in [0.2, 0.25) is 5.91 Å². The van der Waals surface area contributed by atoms with Crippen LogP contribution in [0.5, 0.6) is 0 Å². The second-order valence-electron chi connectivity index (χ2n) is 3.74. The van der Waals surface area contributed by atoms with Crippen LogP contribution in [-0.4, -0.2) is 42.0 Å². The van der Waals surface area contributed by atoms with Crippen molar-refractivity contribution >= 4 is 29.2 Å². The fraction of sp³-hybridized carbons (Fsp3) is 0.273. The summed E-state index contributed by atoms with van der Waals surface area (Å²) in [5.41, 5.74) is 0.357. The predicted octanol–water partition coefficient (Wildman–Crippen LogP) is 1.43. The van der Waals surface area contributed by atoms with Crippen LogP contribution in [0.15, 0.2) is 18.2 Å². The molecule has 0 aliphatic rings. The number of anilines is 1. The molecule has 98 valence electrons. The molecule has 5 nitrogen and oxygen atoms in total. The Morgan fingerprint density at radius 3 is 2.67 bits per heavy atom. The number of carboxylic acid groups (broad SMARTS) is 1. The van der Waals surface area contributed by atoms with E-state index in [9.17, 15) is 14.0 Å². The summed E-state index contributed by atoms with van der Waals surface area (Å²) >= 11 is 5.56. The SMILES string of the molecule is CN(CC(=O)O)CC(=O)Nc1ccc(F)c(Cl)c1. The van der Waals surface area contributed by atoms with E-state index in [1.54, 1.807) is 0 Å². The average Bonchev–Trinajstić information content (AvgIpc) is 2.21. The average molecular weight is 275 g/mol. The highest BCUT2D eigenvalue weighted by Crippen LogP contribution is 2.19. The highest BCUT2D eigenvalue weighted by atomic mass is 35.5. The van der Waals surface area contributed by atoms with Gasteiger partial charge in [-0.3, -0.25) is 14.5 Å². The summed E-state index contributed by atoms with van der Waals surface area (Å²) in [6, 6.07) is 3.79. The molecule has 0 radical (unpaired) electrons. The minimum atomic E-state index is -1.02. The zero-order valence-electron chi connectivity index (χ0n) is 9.61. The summed E-state index contributed by atoms with van der Waals surface area (Å²) in [7, 11) is 1.51. The minimum Gasteiger partial charge on any atom is -0.480 e. The van der Waals surface area contributed by atoms with Crippen molar-refractivity contribution in [1.29, 1.82) is 0 Å². The van der Waals surface area contributed by atoms with Gasteiger partial charge in [0.15, 0.2) is 0 Å². The first kappa shape index (κ1) is 14.4. The molecule has 7 heteroatoms. The van der Waals surface area contributed by atoms with Crippen LogP contribution in [-0.2, 0) is 9.59 Å². The molecule has 0 heterocycles. The summed E-state index contributed by atoms with van der Waals surface area (Å²) in [6.45, 7) is -0.321. The molecule has 0 spiro atoms. The molecule has 0 unspecified atom stereocenters. The molecule has 0 fully saturated rings. The molecule has 0 aliphatic heterocycles. The Bertz CT molecular complexity index is 468. The number of carbonyl (C=O) groups excluding carboxylic acids is 1. The van der Waals surface area contributed by atoms with Crippen LogP contribution in [0.2, 0.25) is 5.02 Å². The number of carbonyl (C=O) groups is 2. The maximum Gasteiger partial charge on any atom is 0.317 e. The summed E-state index contributed by atoms with van der Waals surface area (Å²) in [5, 5.41) is 10.9. The van der Waals surface area contributed by atoms with Gasteiger partial charge < -0.3 is 10.4 Å². The molecule has 1 amide bonds. The number of hydrogen-bond donors (Lipinski definition) is 2. The van der Waals surface area contributed by atoms with Gasteiger partial charge in [0, 0.05) is 5.69 Å². The van der Waals surface area contributed by atoms with Crippen LogP contribution < -0.4 is 5.32 Å². The van der Waals surface area contributed by atoms with Crippen molar-refractivity contribution in [3.8, 4) is 0 Å². The van der Waals surface area contributed by atoms with Gasteiger partial charge in [0.25, 0.3) is 0 Å². The maximum atomic E-state index is 12.9. The molecule has 18 heavy (non-hydrogen) atoms. The third kappa shape index (κ3) is 4.68. The smallest absolute Gasteiger partial charge is 0.317 e. The standard InChI is InChI=1S/C11H12ClFN2O3/c1-15(6-11(17)18)5-10(16)14-7-2-3-9(13)8(12)4-7/h2-4H,5-6H2,1H3,(H,14,16)(H,17,18). The summed E-state index contributed by atoms with van der Waals surface area (Å²) in [6.07, 6.45) is 0. The lowest BCUT2D eigenvalue weighted by Gasteiger charge is -2.13. The fourth-order valence-corrected chi connectivity index (χ4v) is 1.49. The van der Waals surface area contributed by atoms with Gasteiger partial charge >= 0.3 is 5.97 Å². The second kappa shape index (κ2) is 6.32. The summed E-state index contributed by atoms with van der Waals surface area (Å²) < 4.78 is 12.9. The first-order valence-corrected chi connectivity index (χ1v) is 5.41. The van der Waals surface area contributed by atoms with Crippen molar-refractivity contribution in [2.45, 2.75) is 0 Å². The molecule has 0 aromatic heterocycles. The Hall–Kier alpha value is -1.66. The Morgan fingerprint density at radius 2 is 2.11 bits per heavy atom. The van der Waals surface area contributed by atoms with Crippen molar-refractivity contribution in [2.75, 3.05) is 25.5 Å². The minimum absolute atomic E-state index is 0.0820. The van der Waals surface area contributed by atoms with Crippen molar-refractivity contribution in [2.24, 2.45) is 0 Å². The van der Waals surface area contributed by atoms with Gasteiger partial charge in [-0.1, -0.05) is 11.6 Å². The van der Waals surface area contributed by atoms with Gasteiger partial charge in [0.1, 0.15) is 5.82 Å². The number of amides is 1. The van der Waals surface area contributed by atoms with Crippen molar-refractivity contribution < 1.29 is 19.1 Å². The van der Waals surface area contributed by atoms with Gasteiger partial charge in [-0.15, -0.1) is 0 Å². The van der Waals surface area contributed by atoms with Crippen molar-refractivity contribution in [3.63, 3.8) is 0 Å². The largest absolute Gasteiger partial charge is 0.480 e. The first-order chi connectivity index (χ1) is 8.38. The van der Waals surface area contributed by atoms with Crippen LogP contribution in [0.3, 0.4) is 0 Å². The van der Waals surface area contributed by atoms with E-state index in [1.165, 1.54) is 24.1 Å². The number of likely N-dealkylation sites (N-methyl/N-ethyl adjacent to an activating group) is 1. The number of nitrogens with one attached hydrogen (secondary N) is 1. The molecule has 1 aromatic carbocycles. The molecular formula is C11H12ClFN2O3. The molecule has 1 rings (SSSR count). The monoisotopic (exact) mass is 274 g/mol. The lowest BCUT2D eigenvalue weighted by atomic mass is 10.3. The van der Waals surface area contributed by atoms with E-state index >= 15 is 0 Å². The van der Waals surface area contributed by atoms with Crippen LogP contribution in [0, 0.1) is 5.82 Å². The topological polar surface area (TPSA) is 69.6 Å². The van der Waals surface area contributed by atoms with Crippen molar-refractivity contribution in [3.05, 3.63) is 29.0 Å². The maximum absolute atomic E-state index is 12.9. The first-order valence-electron chi connectivity index (χ1n) is 5.03. The summed E-state index contributed by atoms with van der Waals surface area (Å²) in [5.74, 6) is -1.99. The number of rotatable bonds is 5. The predicted molar refractivity (Wildman–Crippen MR) is 65.2 cm³/mol. The van der Waals surface area contributed by atoms with E-state index in [2.05, 4.69) is 5.32 Å². The number of nitrogens with zero attached hydrogens (tertiary/aromatic N) is 1. The fourth-order valence-electron chi connectivity index (χ4n) is 1.31. The molecular weight excluding hydrogens is 263 g/mol. The Balaban J connectivity index is 2.54. The molecule has 1 aromatic rings. The second-order valence-corrected chi connectivity index (χ2v) is 4.15. The zero-order chi connectivity index (χ0) is 13.7. The molecule has 2 N–H and O–H groups in total. The van der Waals surface area contributed by atoms with E-state index < -0.39 is 17.7 Å².